The Morgan fingerprint density at radius 3 is 2.08 bits per heavy atom. The van der Waals surface area contributed by atoms with Gasteiger partial charge in [-0.1, -0.05) is 19.3 Å². The summed E-state index contributed by atoms with van der Waals surface area (Å²) in [6.45, 7) is 2.91. The van der Waals surface area contributed by atoms with Crippen LogP contribution in [0, 0.1) is 17.8 Å². The summed E-state index contributed by atoms with van der Waals surface area (Å²) < 4.78 is 10.6. The predicted octanol–water partition coefficient (Wildman–Crippen LogP) is 1.24. The maximum absolute atomic E-state index is 12.5. The number of carbonyl (C=O) groups excluding carboxylic acids is 2. The lowest BCUT2D eigenvalue weighted by atomic mass is 9.83. The normalized spacial score (nSPS) is 29.3. The monoisotopic (exact) mass is 338 g/mol. The van der Waals surface area contributed by atoms with Crippen LogP contribution in [0.4, 0.5) is 0 Å². The number of amides is 2. The third-order valence-corrected chi connectivity index (χ3v) is 5.64. The molecule has 136 valence electrons. The van der Waals surface area contributed by atoms with Gasteiger partial charge in [0.1, 0.15) is 0 Å². The number of carbonyl (C=O) groups is 2. The van der Waals surface area contributed by atoms with Gasteiger partial charge in [-0.2, -0.15) is 0 Å². The molecule has 2 heterocycles. The molecular weight excluding hydrogens is 308 g/mol. The van der Waals surface area contributed by atoms with E-state index in [1.54, 1.807) is 0 Å². The highest BCUT2D eigenvalue weighted by Crippen LogP contribution is 2.27. The molecule has 0 spiro atoms. The van der Waals surface area contributed by atoms with Gasteiger partial charge in [-0.3, -0.25) is 9.59 Å². The van der Waals surface area contributed by atoms with Gasteiger partial charge in [0, 0.05) is 25.8 Å². The second kappa shape index (κ2) is 8.81. The number of hydrogen-bond donors (Lipinski definition) is 2. The first-order chi connectivity index (χ1) is 11.7. The van der Waals surface area contributed by atoms with Crippen LogP contribution in [-0.4, -0.2) is 50.8 Å². The summed E-state index contributed by atoms with van der Waals surface area (Å²) in [5.74, 6) is 0.546. The molecule has 0 unspecified atom stereocenters. The maximum atomic E-state index is 12.5. The van der Waals surface area contributed by atoms with Gasteiger partial charge in [-0.05, 0) is 31.6 Å². The topological polar surface area (TPSA) is 76.7 Å². The highest BCUT2D eigenvalue weighted by molar-refractivity contribution is 5.80. The summed E-state index contributed by atoms with van der Waals surface area (Å²) in [5.41, 5.74) is 0. The zero-order valence-corrected chi connectivity index (χ0v) is 14.4. The Balaban J connectivity index is 1.54. The van der Waals surface area contributed by atoms with Gasteiger partial charge in [0.15, 0.2) is 0 Å². The van der Waals surface area contributed by atoms with Crippen molar-refractivity contribution in [3.63, 3.8) is 0 Å². The quantitative estimate of drug-likeness (QED) is 0.764. The Morgan fingerprint density at radius 1 is 0.875 bits per heavy atom. The molecule has 0 radical (unpaired) electrons. The van der Waals surface area contributed by atoms with Crippen molar-refractivity contribution in [1.82, 2.24) is 10.6 Å². The molecule has 24 heavy (non-hydrogen) atoms. The lowest BCUT2D eigenvalue weighted by Gasteiger charge is -2.32. The largest absolute Gasteiger partial charge is 0.381 e. The second-order valence-corrected chi connectivity index (χ2v) is 7.38. The molecule has 1 saturated carbocycles. The Hall–Kier alpha value is -1.14. The van der Waals surface area contributed by atoms with Crippen LogP contribution < -0.4 is 10.6 Å². The highest BCUT2D eigenvalue weighted by atomic mass is 16.5. The number of nitrogens with one attached hydrogen (secondary N) is 2. The Labute approximate surface area is 144 Å². The number of ether oxygens (including phenoxy) is 2. The first-order valence-corrected chi connectivity index (χ1v) is 9.47. The SMILES string of the molecule is O=C(NC[C@H](NC(=O)[C@H]1CCOC1)C1CCCCC1)[C@H]1CCOC1. The first-order valence-electron chi connectivity index (χ1n) is 9.47. The van der Waals surface area contributed by atoms with Crippen LogP contribution in [0.25, 0.3) is 0 Å². The number of hydrogen-bond acceptors (Lipinski definition) is 4. The molecule has 3 fully saturated rings. The van der Waals surface area contributed by atoms with Crippen LogP contribution >= 0.6 is 0 Å². The average Bonchev–Trinajstić information content (AvgIpc) is 3.32. The minimum Gasteiger partial charge on any atom is -0.381 e. The molecule has 0 aromatic heterocycles. The molecule has 6 heteroatoms. The van der Waals surface area contributed by atoms with Crippen LogP contribution in [0.1, 0.15) is 44.9 Å². The summed E-state index contributed by atoms with van der Waals surface area (Å²) in [6.07, 6.45) is 7.57. The summed E-state index contributed by atoms with van der Waals surface area (Å²) in [7, 11) is 0. The van der Waals surface area contributed by atoms with E-state index in [1.165, 1.54) is 19.3 Å². The van der Waals surface area contributed by atoms with Gasteiger partial charge in [0.25, 0.3) is 0 Å². The van der Waals surface area contributed by atoms with Crippen LogP contribution in [0.15, 0.2) is 0 Å². The fourth-order valence-electron chi connectivity index (χ4n) is 4.01. The van der Waals surface area contributed by atoms with Crippen molar-refractivity contribution in [3.8, 4) is 0 Å². The van der Waals surface area contributed by atoms with Crippen molar-refractivity contribution in [1.29, 1.82) is 0 Å². The fourth-order valence-corrected chi connectivity index (χ4v) is 4.01. The standard InChI is InChI=1S/C18H30N2O4/c21-17(14-6-8-23-11-14)19-10-16(13-4-2-1-3-5-13)20-18(22)15-7-9-24-12-15/h13-16H,1-12H2,(H,19,21)(H,20,22)/t14-,15-,16-/m0/s1. The van der Waals surface area contributed by atoms with E-state index in [-0.39, 0.29) is 29.7 Å². The first kappa shape index (κ1) is 17.7. The molecule has 3 aliphatic rings. The second-order valence-electron chi connectivity index (χ2n) is 7.38. The van der Waals surface area contributed by atoms with E-state index >= 15 is 0 Å². The zero-order valence-electron chi connectivity index (χ0n) is 14.4. The van der Waals surface area contributed by atoms with Crippen LogP contribution in [0.3, 0.4) is 0 Å². The van der Waals surface area contributed by atoms with Crippen LogP contribution in [-0.2, 0) is 19.1 Å². The minimum absolute atomic E-state index is 0.0315. The van der Waals surface area contributed by atoms with Crippen LogP contribution in [0.2, 0.25) is 0 Å². The van der Waals surface area contributed by atoms with Crippen molar-refractivity contribution in [2.45, 2.75) is 51.0 Å². The molecule has 1 aliphatic carbocycles. The summed E-state index contributed by atoms with van der Waals surface area (Å²) in [5, 5.41) is 6.26. The Bertz CT molecular complexity index is 425. The van der Waals surface area contributed by atoms with Crippen LogP contribution in [0.5, 0.6) is 0 Å². The van der Waals surface area contributed by atoms with Gasteiger partial charge >= 0.3 is 0 Å². The molecular formula is C18H30N2O4. The molecule has 2 aliphatic heterocycles. The third kappa shape index (κ3) is 4.70. The van der Waals surface area contributed by atoms with E-state index in [2.05, 4.69) is 10.6 Å². The highest BCUT2D eigenvalue weighted by Gasteiger charge is 2.31. The van der Waals surface area contributed by atoms with E-state index in [0.29, 0.717) is 38.9 Å². The average molecular weight is 338 g/mol. The Kier molecular flexibility index (Phi) is 6.49. The lowest BCUT2D eigenvalue weighted by Crippen LogP contribution is -2.50. The predicted molar refractivity (Wildman–Crippen MR) is 89.4 cm³/mol. The van der Waals surface area contributed by atoms with E-state index in [4.69, 9.17) is 9.47 Å². The summed E-state index contributed by atoms with van der Waals surface area (Å²) in [6, 6.07) is 0.0321. The van der Waals surface area contributed by atoms with Gasteiger partial charge in [-0.15, -0.1) is 0 Å². The van der Waals surface area contributed by atoms with Crippen molar-refractivity contribution in [2.75, 3.05) is 33.0 Å². The Morgan fingerprint density at radius 2 is 1.50 bits per heavy atom. The third-order valence-electron chi connectivity index (χ3n) is 5.64. The van der Waals surface area contributed by atoms with Gasteiger partial charge in [0.2, 0.25) is 11.8 Å². The molecule has 0 aromatic rings. The summed E-state index contributed by atoms with van der Waals surface area (Å²) >= 11 is 0. The summed E-state index contributed by atoms with van der Waals surface area (Å²) in [4.78, 5) is 24.7. The number of rotatable bonds is 6. The van der Waals surface area contributed by atoms with Crippen molar-refractivity contribution < 1.29 is 19.1 Å². The molecule has 3 rings (SSSR count). The van der Waals surface area contributed by atoms with Crippen molar-refractivity contribution >= 4 is 11.8 Å². The zero-order chi connectivity index (χ0) is 16.8. The van der Waals surface area contributed by atoms with Crippen molar-refractivity contribution in [2.24, 2.45) is 17.8 Å². The minimum atomic E-state index is -0.0324. The molecule has 3 atom stereocenters. The van der Waals surface area contributed by atoms with E-state index in [9.17, 15) is 9.59 Å². The van der Waals surface area contributed by atoms with E-state index in [1.807, 2.05) is 0 Å². The lowest BCUT2D eigenvalue weighted by molar-refractivity contribution is -0.128. The smallest absolute Gasteiger partial charge is 0.225 e. The van der Waals surface area contributed by atoms with Gasteiger partial charge < -0.3 is 20.1 Å². The molecule has 2 saturated heterocycles. The van der Waals surface area contributed by atoms with Gasteiger partial charge in [-0.25, -0.2) is 0 Å². The molecule has 2 amide bonds. The van der Waals surface area contributed by atoms with Gasteiger partial charge in [0.05, 0.1) is 25.0 Å². The molecule has 0 bridgehead atoms. The maximum Gasteiger partial charge on any atom is 0.225 e. The molecule has 6 nitrogen and oxygen atoms in total. The van der Waals surface area contributed by atoms with Crippen molar-refractivity contribution in [3.05, 3.63) is 0 Å². The molecule has 0 aromatic carbocycles. The fraction of sp³-hybridized carbons (Fsp3) is 0.889. The van der Waals surface area contributed by atoms with E-state index < -0.39 is 0 Å². The molecule has 2 N–H and O–H groups in total. The van der Waals surface area contributed by atoms with E-state index in [0.717, 1.165) is 25.7 Å².